The predicted octanol–water partition coefficient (Wildman–Crippen LogP) is 4.78. The summed E-state index contributed by atoms with van der Waals surface area (Å²) in [6.07, 6.45) is -7.57. The number of amides is 1. The molecule has 0 radical (unpaired) electrons. The summed E-state index contributed by atoms with van der Waals surface area (Å²) in [6, 6.07) is 1.28. The summed E-state index contributed by atoms with van der Waals surface area (Å²) in [5.41, 5.74) is -1.36. The Labute approximate surface area is 155 Å². The van der Waals surface area contributed by atoms with Crippen molar-refractivity contribution in [3.05, 3.63) is 18.2 Å². The molecule has 0 unspecified atom stereocenters. The number of anilines is 1. The molecule has 0 aliphatic heterocycles. The molecule has 0 aliphatic rings. The fourth-order valence-electron chi connectivity index (χ4n) is 1.74. The number of hydrogen-bond donors (Lipinski definition) is 3. The van der Waals surface area contributed by atoms with Crippen molar-refractivity contribution >= 4 is 11.6 Å². The van der Waals surface area contributed by atoms with Crippen molar-refractivity contribution in [2.24, 2.45) is 0 Å². The van der Waals surface area contributed by atoms with Crippen LogP contribution in [-0.2, 0) is 4.79 Å². The van der Waals surface area contributed by atoms with Crippen LogP contribution in [0.25, 0.3) is 0 Å². The predicted molar refractivity (Wildman–Crippen MR) is 69.2 cm³/mol. The summed E-state index contributed by atoms with van der Waals surface area (Å²) in [6.45, 7) is 0. The number of carbonyl (C=O) groups is 1. The first-order chi connectivity index (χ1) is 13.1. The molecule has 0 saturated carbocycles. The quantitative estimate of drug-likeness (QED) is 0.318. The second kappa shape index (κ2) is 6.97. The maximum atomic E-state index is 13.6. The molecular formula is C13H6F13NO3. The highest BCUT2D eigenvalue weighted by molar-refractivity contribution is 5.98. The molecule has 0 bridgehead atoms. The number of carbonyl (C=O) groups excluding carboxylic acids is 1. The third-order valence-electron chi connectivity index (χ3n) is 3.45. The molecule has 30 heavy (non-hydrogen) atoms. The lowest BCUT2D eigenvalue weighted by atomic mass is 9.93. The molecule has 1 aromatic rings. The highest BCUT2D eigenvalue weighted by Gasteiger charge is 2.91. The van der Waals surface area contributed by atoms with Crippen LogP contribution in [0.1, 0.15) is 0 Å². The Bertz CT molecular complexity index is 819. The van der Waals surface area contributed by atoms with Crippen LogP contribution in [0.15, 0.2) is 18.2 Å². The third-order valence-corrected chi connectivity index (χ3v) is 3.45. The van der Waals surface area contributed by atoms with Crippen molar-refractivity contribution < 1.29 is 72.1 Å². The first-order valence-corrected chi connectivity index (χ1v) is 6.85. The maximum Gasteiger partial charge on any atom is 0.460 e. The molecular weight excluding hydrogens is 465 g/mol. The van der Waals surface area contributed by atoms with Crippen molar-refractivity contribution in [3.63, 3.8) is 0 Å². The van der Waals surface area contributed by atoms with Gasteiger partial charge in [0.1, 0.15) is 11.5 Å². The number of alkyl halides is 13. The molecule has 0 atom stereocenters. The lowest BCUT2D eigenvalue weighted by Crippen LogP contribution is -2.71. The topological polar surface area (TPSA) is 69.6 Å². The van der Waals surface area contributed by atoms with E-state index < -0.39 is 58.9 Å². The van der Waals surface area contributed by atoms with Crippen molar-refractivity contribution in [1.82, 2.24) is 0 Å². The molecule has 0 aromatic heterocycles. The Kier molecular flexibility index (Phi) is 5.90. The van der Waals surface area contributed by atoms with E-state index in [9.17, 15) is 67.0 Å². The van der Waals surface area contributed by atoms with Crippen LogP contribution in [-0.4, -0.2) is 51.9 Å². The van der Waals surface area contributed by atoms with E-state index in [1.54, 1.807) is 0 Å². The lowest BCUT2D eigenvalue weighted by molar-refractivity contribution is -0.435. The number of halogens is 13. The minimum atomic E-state index is -8.14. The molecule has 172 valence electrons. The van der Waals surface area contributed by atoms with Crippen LogP contribution in [0.5, 0.6) is 11.5 Å². The highest BCUT2D eigenvalue weighted by Crippen LogP contribution is 2.60. The van der Waals surface area contributed by atoms with Crippen LogP contribution in [0, 0.1) is 0 Å². The fraction of sp³-hybridized carbons (Fsp3) is 0.462. The van der Waals surface area contributed by atoms with Gasteiger partial charge < -0.3 is 15.5 Å². The largest absolute Gasteiger partial charge is 0.508 e. The normalized spacial score (nSPS) is 14.6. The summed E-state index contributed by atoms with van der Waals surface area (Å²) in [5.74, 6) is -44.8. The van der Waals surface area contributed by atoms with Crippen LogP contribution in [0.4, 0.5) is 62.8 Å². The number of phenols is 2. The standard InChI is InChI=1S/C13H6F13NO3/c14-8(15,7(30)27-5-3-4(28)1-2-6(5)29)9(16,17)10(18,19)11(20,21)12(22,23)13(24,25)26/h1-3,28-29H,(H,27,30). The number of rotatable bonds is 6. The zero-order chi connectivity index (χ0) is 24.1. The van der Waals surface area contributed by atoms with Crippen molar-refractivity contribution in [2.45, 2.75) is 35.8 Å². The first-order valence-electron chi connectivity index (χ1n) is 6.85. The molecule has 0 heterocycles. The summed E-state index contributed by atoms with van der Waals surface area (Å²) in [4.78, 5) is 11.2. The highest BCUT2D eigenvalue weighted by atomic mass is 19.4. The molecule has 0 fully saturated rings. The van der Waals surface area contributed by atoms with Crippen LogP contribution in [0.3, 0.4) is 0 Å². The van der Waals surface area contributed by atoms with Gasteiger partial charge in [0.2, 0.25) is 0 Å². The first kappa shape index (κ1) is 25.4. The number of phenolic OH excluding ortho intramolecular Hbond substituents is 2. The van der Waals surface area contributed by atoms with E-state index in [0.717, 1.165) is 0 Å². The number of hydrogen-bond acceptors (Lipinski definition) is 3. The van der Waals surface area contributed by atoms with E-state index >= 15 is 0 Å². The van der Waals surface area contributed by atoms with E-state index in [4.69, 9.17) is 5.11 Å². The van der Waals surface area contributed by atoms with Crippen molar-refractivity contribution in [2.75, 3.05) is 5.32 Å². The van der Waals surface area contributed by atoms with Gasteiger partial charge in [0.05, 0.1) is 5.69 Å². The van der Waals surface area contributed by atoms with Crippen molar-refractivity contribution in [1.29, 1.82) is 0 Å². The van der Waals surface area contributed by atoms with Gasteiger partial charge in [-0.15, -0.1) is 0 Å². The summed E-state index contributed by atoms with van der Waals surface area (Å²) >= 11 is 0. The minimum absolute atomic E-state index is 0.187. The van der Waals surface area contributed by atoms with Gasteiger partial charge in [0, 0.05) is 6.07 Å². The van der Waals surface area contributed by atoms with Crippen LogP contribution >= 0.6 is 0 Å². The molecule has 0 spiro atoms. The lowest BCUT2D eigenvalue weighted by Gasteiger charge is -2.39. The van der Waals surface area contributed by atoms with Crippen LogP contribution in [0.2, 0.25) is 0 Å². The zero-order valence-electron chi connectivity index (χ0n) is 13.4. The Morgan fingerprint density at radius 2 is 1.13 bits per heavy atom. The Balaban J connectivity index is 3.44. The fourth-order valence-corrected chi connectivity index (χ4v) is 1.74. The van der Waals surface area contributed by atoms with Gasteiger partial charge in [-0.05, 0) is 12.1 Å². The molecule has 1 rings (SSSR count). The average Bonchev–Trinajstić information content (AvgIpc) is 2.56. The average molecular weight is 471 g/mol. The van der Waals surface area contributed by atoms with Gasteiger partial charge in [0.25, 0.3) is 0 Å². The summed E-state index contributed by atoms with van der Waals surface area (Å²) in [7, 11) is 0. The van der Waals surface area contributed by atoms with E-state index in [2.05, 4.69) is 0 Å². The van der Waals surface area contributed by atoms with E-state index in [1.807, 2.05) is 0 Å². The number of nitrogens with one attached hydrogen (secondary N) is 1. The molecule has 1 amide bonds. The smallest absolute Gasteiger partial charge is 0.460 e. The SMILES string of the molecule is O=C(Nc1cc(O)ccc1O)C(F)(F)C(F)(F)C(F)(F)C(F)(F)C(F)(F)C(F)(F)F. The molecule has 0 aliphatic carbocycles. The van der Waals surface area contributed by atoms with Gasteiger partial charge in [-0.2, -0.15) is 57.1 Å². The maximum absolute atomic E-state index is 13.6. The van der Waals surface area contributed by atoms with Crippen LogP contribution < -0.4 is 5.32 Å². The van der Waals surface area contributed by atoms with Gasteiger partial charge >= 0.3 is 41.7 Å². The minimum Gasteiger partial charge on any atom is -0.508 e. The van der Waals surface area contributed by atoms with E-state index in [1.165, 1.54) is 0 Å². The third kappa shape index (κ3) is 3.53. The molecule has 1 aromatic carbocycles. The van der Waals surface area contributed by atoms with E-state index in [0.29, 0.717) is 17.4 Å². The zero-order valence-corrected chi connectivity index (χ0v) is 13.4. The Morgan fingerprint density at radius 3 is 1.57 bits per heavy atom. The van der Waals surface area contributed by atoms with Gasteiger partial charge in [-0.25, -0.2) is 0 Å². The molecule has 3 N–H and O–H groups in total. The second-order valence-corrected chi connectivity index (χ2v) is 5.53. The van der Waals surface area contributed by atoms with Gasteiger partial charge in [-0.3, -0.25) is 4.79 Å². The molecule has 4 nitrogen and oxygen atoms in total. The van der Waals surface area contributed by atoms with Crippen molar-refractivity contribution in [3.8, 4) is 11.5 Å². The van der Waals surface area contributed by atoms with Gasteiger partial charge in [-0.1, -0.05) is 0 Å². The Hall–Kier alpha value is -2.62. The molecule has 0 saturated heterocycles. The monoisotopic (exact) mass is 471 g/mol. The number of aromatic hydroxyl groups is 2. The summed E-state index contributed by atoms with van der Waals surface area (Å²) < 4.78 is 168. The summed E-state index contributed by atoms with van der Waals surface area (Å²) in [5, 5.41) is 18.8. The second-order valence-electron chi connectivity index (χ2n) is 5.53. The molecule has 17 heteroatoms. The number of benzene rings is 1. The van der Waals surface area contributed by atoms with Gasteiger partial charge in [0.15, 0.2) is 0 Å². The van der Waals surface area contributed by atoms with E-state index in [-0.39, 0.29) is 6.07 Å². The Morgan fingerprint density at radius 1 is 0.700 bits per heavy atom.